The van der Waals surface area contributed by atoms with Crippen LogP contribution in [0.1, 0.15) is 0 Å². The third kappa shape index (κ3) is 2.23. The Morgan fingerprint density at radius 3 is 2.40 bits per heavy atom. The SMILES string of the molecule is CN(C)C(=O)N1CC(N2CCNCC2)C1. The molecule has 2 saturated heterocycles. The van der Waals surface area contributed by atoms with Crippen molar-refractivity contribution >= 4 is 6.03 Å². The Bertz CT molecular complexity index is 232. The summed E-state index contributed by atoms with van der Waals surface area (Å²) >= 11 is 0. The molecule has 0 spiro atoms. The monoisotopic (exact) mass is 212 g/mol. The number of carbonyl (C=O) groups excluding carboxylic acids is 1. The second-order valence-electron chi connectivity index (χ2n) is 4.52. The highest BCUT2D eigenvalue weighted by Crippen LogP contribution is 2.16. The number of likely N-dealkylation sites (tertiary alicyclic amines) is 1. The molecule has 2 heterocycles. The molecule has 2 rings (SSSR count). The molecule has 0 saturated carbocycles. The van der Waals surface area contributed by atoms with Crippen molar-refractivity contribution in [1.82, 2.24) is 20.0 Å². The van der Waals surface area contributed by atoms with Crippen molar-refractivity contribution in [2.75, 3.05) is 53.4 Å². The summed E-state index contributed by atoms with van der Waals surface area (Å²) in [5, 5.41) is 3.34. The van der Waals surface area contributed by atoms with Gasteiger partial charge in [0.25, 0.3) is 0 Å². The molecule has 0 radical (unpaired) electrons. The molecule has 5 nitrogen and oxygen atoms in total. The maximum atomic E-state index is 11.6. The van der Waals surface area contributed by atoms with Crippen molar-refractivity contribution in [3.63, 3.8) is 0 Å². The van der Waals surface area contributed by atoms with Gasteiger partial charge in [-0.05, 0) is 0 Å². The molecule has 0 aliphatic carbocycles. The summed E-state index contributed by atoms with van der Waals surface area (Å²) in [6.45, 7) is 6.20. The van der Waals surface area contributed by atoms with Gasteiger partial charge in [0, 0.05) is 59.4 Å². The summed E-state index contributed by atoms with van der Waals surface area (Å²) in [6, 6.07) is 0.734. The van der Waals surface area contributed by atoms with Gasteiger partial charge in [-0.3, -0.25) is 4.90 Å². The Kier molecular flexibility index (Phi) is 3.11. The molecule has 15 heavy (non-hydrogen) atoms. The van der Waals surface area contributed by atoms with E-state index in [1.165, 1.54) is 0 Å². The summed E-state index contributed by atoms with van der Waals surface area (Å²) in [5.41, 5.74) is 0. The Morgan fingerprint density at radius 1 is 1.27 bits per heavy atom. The first-order valence-corrected chi connectivity index (χ1v) is 5.59. The van der Waals surface area contributed by atoms with Crippen LogP contribution in [0.15, 0.2) is 0 Å². The van der Waals surface area contributed by atoms with Crippen molar-refractivity contribution in [2.24, 2.45) is 0 Å². The number of piperazine rings is 1. The molecular formula is C10H20N4O. The average Bonchev–Trinajstić information content (AvgIpc) is 2.17. The van der Waals surface area contributed by atoms with Crippen LogP contribution in [0.4, 0.5) is 4.79 Å². The highest BCUT2D eigenvalue weighted by Gasteiger charge is 2.35. The summed E-state index contributed by atoms with van der Waals surface area (Å²) in [7, 11) is 3.61. The van der Waals surface area contributed by atoms with E-state index in [2.05, 4.69) is 10.2 Å². The van der Waals surface area contributed by atoms with E-state index < -0.39 is 0 Å². The average molecular weight is 212 g/mol. The molecule has 0 aromatic heterocycles. The summed E-state index contributed by atoms with van der Waals surface area (Å²) in [4.78, 5) is 17.6. The lowest BCUT2D eigenvalue weighted by molar-refractivity contribution is 0.0411. The lowest BCUT2D eigenvalue weighted by Gasteiger charge is -2.47. The fourth-order valence-electron chi connectivity index (χ4n) is 2.17. The number of urea groups is 1. The zero-order valence-electron chi connectivity index (χ0n) is 9.57. The molecule has 2 aliphatic rings. The standard InChI is InChI=1S/C10H20N4O/c1-12(2)10(15)14-7-9(8-14)13-5-3-11-4-6-13/h9,11H,3-8H2,1-2H3. The van der Waals surface area contributed by atoms with E-state index in [1.54, 1.807) is 19.0 Å². The minimum absolute atomic E-state index is 0.140. The maximum absolute atomic E-state index is 11.6. The van der Waals surface area contributed by atoms with Crippen LogP contribution in [0, 0.1) is 0 Å². The smallest absolute Gasteiger partial charge is 0.319 e. The third-order valence-electron chi connectivity index (χ3n) is 3.18. The number of hydrogen-bond donors (Lipinski definition) is 1. The van der Waals surface area contributed by atoms with Crippen LogP contribution in [0.5, 0.6) is 0 Å². The normalized spacial score (nSPS) is 23.7. The number of nitrogens with one attached hydrogen (secondary N) is 1. The Morgan fingerprint density at radius 2 is 1.87 bits per heavy atom. The van der Waals surface area contributed by atoms with E-state index in [0.29, 0.717) is 6.04 Å². The quantitative estimate of drug-likeness (QED) is 0.622. The van der Waals surface area contributed by atoms with Crippen LogP contribution in [-0.4, -0.2) is 80.1 Å². The highest BCUT2D eigenvalue weighted by molar-refractivity contribution is 5.74. The van der Waals surface area contributed by atoms with Gasteiger partial charge >= 0.3 is 6.03 Å². The zero-order valence-corrected chi connectivity index (χ0v) is 9.57. The van der Waals surface area contributed by atoms with E-state index in [-0.39, 0.29) is 6.03 Å². The molecule has 2 fully saturated rings. The zero-order chi connectivity index (χ0) is 10.8. The van der Waals surface area contributed by atoms with Crippen LogP contribution in [-0.2, 0) is 0 Å². The van der Waals surface area contributed by atoms with Gasteiger partial charge in [0.1, 0.15) is 0 Å². The van der Waals surface area contributed by atoms with Gasteiger partial charge in [0.2, 0.25) is 0 Å². The Hall–Kier alpha value is -0.810. The van der Waals surface area contributed by atoms with Crippen LogP contribution in [0.25, 0.3) is 0 Å². The third-order valence-corrected chi connectivity index (χ3v) is 3.18. The summed E-state index contributed by atoms with van der Waals surface area (Å²) in [6.07, 6.45) is 0. The maximum Gasteiger partial charge on any atom is 0.319 e. The van der Waals surface area contributed by atoms with E-state index in [1.807, 2.05) is 4.90 Å². The van der Waals surface area contributed by atoms with E-state index >= 15 is 0 Å². The number of amides is 2. The highest BCUT2D eigenvalue weighted by atomic mass is 16.2. The number of carbonyl (C=O) groups is 1. The lowest BCUT2D eigenvalue weighted by atomic mass is 10.1. The van der Waals surface area contributed by atoms with E-state index in [0.717, 1.165) is 39.3 Å². The summed E-state index contributed by atoms with van der Waals surface area (Å²) in [5.74, 6) is 0. The Balaban J connectivity index is 1.75. The van der Waals surface area contributed by atoms with Gasteiger partial charge in [-0.1, -0.05) is 0 Å². The Labute approximate surface area is 91.0 Å². The molecule has 1 N–H and O–H groups in total. The molecule has 5 heteroatoms. The molecule has 2 amide bonds. The first-order valence-electron chi connectivity index (χ1n) is 5.59. The molecule has 0 unspecified atom stereocenters. The number of nitrogens with zero attached hydrogens (tertiary/aromatic N) is 3. The molecule has 0 atom stereocenters. The van der Waals surface area contributed by atoms with Gasteiger partial charge < -0.3 is 15.1 Å². The van der Waals surface area contributed by atoms with Crippen molar-refractivity contribution in [3.05, 3.63) is 0 Å². The predicted molar refractivity (Wildman–Crippen MR) is 58.9 cm³/mol. The topological polar surface area (TPSA) is 38.8 Å². The molecular weight excluding hydrogens is 192 g/mol. The van der Waals surface area contributed by atoms with Crippen LogP contribution >= 0.6 is 0 Å². The second kappa shape index (κ2) is 4.37. The van der Waals surface area contributed by atoms with Gasteiger partial charge in [-0.25, -0.2) is 4.79 Å². The minimum atomic E-state index is 0.140. The van der Waals surface area contributed by atoms with Crippen molar-refractivity contribution in [3.8, 4) is 0 Å². The molecule has 2 aliphatic heterocycles. The molecule has 0 bridgehead atoms. The fraction of sp³-hybridized carbons (Fsp3) is 0.900. The number of hydrogen-bond acceptors (Lipinski definition) is 3. The van der Waals surface area contributed by atoms with Crippen LogP contribution in [0.2, 0.25) is 0 Å². The first kappa shape index (κ1) is 10.7. The number of rotatable bonds is 1. The second-order valence-corrected chi connectivity index (χ2v) is 4.52. The van der Waals surface area contributed by atoms with Gasteiger partial charge in [0.15, 0.2) is 0 Å². The lowest BCUT2D eigenvalue weighted by Crippen LogP contribution is -2.65. The van der Waals surface area contributed by atoms with Gasteiger partial charge in [-0.2, -0.15) is 0 Å². The van der Waals surface area contributed by atoms with Crippen molar-refractivity contribution in [1.29, 1.82) is 0 Å². The minimum Gasteiger partial charge on any atom is -0.331 e. The molecule has 86 valence electrons. The fourth-order valence-corrected chi connectivity index (χ4v) is 2.17. The summed E-state index contributed by atoms with van der Waals surface area (Å²) < 4.78 is 0. The van der Waals surface area contributed by atoms with E-state index in [4.69, 9.17) is 0 Å². The predicted octanol–water partition coefficient (Wildman–Crippen LogP) is -0.743. The van der Waals surface area contributed by atoms with Crippen LogP contribution in [0.3, 0.4) is 0 Å². The first-order chi connectivity index (χ1) is 7.18. The van der Waals surface area contributed by atoms with Crippen molar-refractivity contribution in [2.45, 2.75) is 6.04 Å². The van der Waals surface area contributed by atoms with Gasteiger partial charge in [0.05, 0.1) is 0 Å². The van der Waals surface area contributed by atoms with E-state index in [9.17, 15) is 4.79 Å². The van der Waals surface area contributed by atoms with Crippen molar-refractivity contribution < 1.29 is 4.79 Å². The largest absolute Gasteiger partial charge is 0.331 e. The van der Waals surface area contributed by atoms with Crippen LogP contribution < -0.4 is 5.32 Å². The van der Waals surface area contributed by atoms with Gasteiger partial charge in [-0.15, -0.1) is 0 Å². The molecule has 0 aromatic rings. The molecule has 0 aromatic carbocycles.